The Labute approximate surface area is 164 Å². The number of aromatic nitrogens is 2. The third-order valence-electron chi connectivity index (χ3n) is 4.93. The fourth-order valence-corrected chi connectivity index (χ4v) is 4.30. The number of amides is 2. The number of imidazole rings is 1. The molecule has 2 heterocycles. The summed E-state index contributed by atoms with van der Waals surface area (Å²) in [7, 11) is 0. The van der Waals surface area contributed by atoms with Gasteiger partial charge in [0.1, 0.15) is 0 Å². The van der Waals surface area contributed by atoms with E-state index in [4.69, 9.17) is 5.73 Å². The van der Waals surface area contributed by atoms with E-state index in [0.717, 1.165) is 23.7 Å². The predicted molar refractivity (Wildman–Crippen MR) is 107 cm³/mol. The summed E-state index contributed by atoms with van der Waals surface area (Å²) in [5.74, 6) is 0.167. The molecule has 0 bridgehead atoms. The van der Waals surface area contributed by atoms with Gasteiger partial charge in [-0.25, -0.2) is 4.98 Å². The Balaban J connectivity index is 1.69. The number of para-hydroxylation sites is 1. The molecule has 1 aliphatic heterocycles. The summed E-state index contributed by atoms with van der Waals surface area (Å²) in [4.78, 5) is 30.2. The Hall–Kier alpha value is -2.28. The number of rotatable bonds is 6. The number of piperidine rings is 1. The molecule has 6 nitrogen and oxygen atoms in total. The van der Waals surface area contributed by atoms with Gasteiger partial charge in [-0.1, -0.05) is 43.8 Å². The Morgan fingerprint density at radius 3 is 2.85 bits per heavy atom. The minimum atomic E-state index is -0.319. The molecule has 3 rings (SSSR count). The number of likely N-dealkylation sites (tertiary alicyclic amines) is 1. The van der Waals surface area contributed by atoms with Crippen LogP contribution in [0.5, 0.6) is 0 Å². The highest BCUT2D eigenvalue weighted by atomic mass is 32.2. The van der Waals surface area contributed by atoms with Gasteiger partial charge < -0.3 is 10.6 Å². The van der Waals surface area contributed by atoms with Crippen molar-refractivity contribution in [3.05, 3.63) is 42.2 Å². The van der Waals surface area contributed by atoms with Gasteiger partial charge in [-0.2, -0.15) is 0 Å². The van der Waals surface area contributed by atoms with Gasteiger partial charge in [-0.05, 0) is 30.4 Å². The Morgan fingerprint density at radius 1 is 1.33 bits per heavy atom. The van der Waals surface area contributed by atoms with E-state index in [-0.39, 0.29) is 17.7 Å². The fourth-order valence-electron chi connectivity index (χ4n) is 3.43. The highest BCUT2D eigenvalue weighted by molar-refractivity contribution is 7.99. The smallest absolute Gasteiger partial charge is 0.233 e. The van der Waals surface area contributed by atoms with Crippen molar-refractivity contribution in [3.8, 4) is 5.69 Å². The Bertz CT molecular complexity index is 818. The van der Waals surface area contributed by atoms with Crippen LogP contribution in [0.2, 0.25) is 0 Å². The summed E-state index contributed by atoms with van der Waals surface area (Å²) >= 11 is 1.42. The molecule has 1 aromatic carbocycles. The van der Waals surface area contributed by atoms with Crippen molar-refractivity contribution in [2.24, 2.45) is 11.7 Å². The SMILES string of the molecule is CC(C)c1ccccc1-n1ccnc1SCC(=O)N1CCCC(C(N)=O)C1. The predicted octanol–water partition coefficient (Wildman–Crippen LogP) is 2.81. The summed E-state index contributed by atoms with van der Waals surface area (Å²) in [6.07, 6.45) is 5.27. The molecule has 27 heavy (non-hydrogen) atoms. The Morgan fingerprint density at radius 2 is 2.11 bits per heavy atom. The van der Waals surface area contributed by atoms with Crippen molar-refractivity contribution in [2.75, 3.05) is 18.8 Å². The average molecular weight is 387 g/mol. The highest BCUT2D eigenvalue weighted by Gasteiger charge is 2.27. The van der Waals surface area contributed by atoms with E-state index in [9.17, 15) is 9.59 Å². The van der Waals surface area contributed by atoms with Gasteiger partial charge >= 0.3 is 0 Å². The summed E-state index contributed by atoms with van der Waals surface area (Å²) in [6, 6.07) is 8.25. The summed E-state index contributed by atoms with van der Waals surface area (Å²) in [6.45, 7) is 5.45. The van der Waals surface area contributed by atoms with Gasteiger partial charge in [0, 0.05) is 25.5 Å². The lowest BCUT2D eigenvalue weighted by Crippen LogP contribution is -2.44. The van der Waals surface area contributed by atoms with E-state index in [1.807, 2.05) is 22.9 Å². The van der Waals surface area contributed by atoms with Crippen LogP contribution in [-0.4, -0.2) is 45.1 Å². The second kappa shape index (κ2) is 8.61. The number of thioether (sulfide) groups is 1. The zero-order valence-electron chi connectivity index (χ0n) is 15.8. The number of carbonyl (C=O) groups excluding carboxylic acids is 2. The molecule has 1 aromatic heterocycles. The largest absolute Gasteiger partial charge is 0.369 e. The van der Waals surface area contributed by atoms with Crippen LogP contribution < -0.4 is 5.73 Å². The molecule has 0 saturated carbocycles. The van der Waals surface area contributed by atoms with Crippen LogP contribution >= 0.6 is 11.8 Å². The average Bonchev–Trinajstić information content (AvgIpc) is 3.14. The first kappa shape index (κ1) is 19.5. The monoisotopic (exact) mass is 386 g/mol. The third-order valence-corrected chi connectivity index (χ3v) is 5.88. The molecule has 1 aliphatic rings. The van der Waals surface area contributed by atoms with Gasteiger partial charge in [0.05, 0.1) is 17.4 Å². The number of benzene rings is 1. The molecule has 144 valence electrons. The summed E-state index contributed by atoms with van der Waals surface area (Å²) < 4.78 is 2.04. The molecule has 1 unspecified atom stereocenters. The van der Waals surface area contributed by atoms with Crippen LogP contribution in [0.25, 0.3) is 5.69 Å². The number of nitrogens with two attached hydrogens (primary N) is 1. The van der Waals surface area contributed by atoms with E-state index < -0.39 is 0 Å². The second-order valence-electron chi connectivity index (χ2n) is 7.16. The lowest BCUT2D eigenvalue weighted by atomic mass is 9.97. The van der Waals surface area contributed by atoms with Crippen LogP contribution in [0.15, 0.2) is 41.8 Å². The molecular weight excluding hydrogens is 360 g/mol. The molecule has 0 radical (unpaired) electrons. The standard InChI is InChI=1S/C20H26N4O2S/c1-14(2)16-7-3-4-8-17(16)24-11-9-22-20(24)27-13-18(25)23-10-5-6-15(12-23)19(21)26/h3-4,7-9,11,14-15H,5-6,10,12-13H2,1-2H3,(H2,21,26). The van der Waals surface area contributed by atoms with Crippen molar-refractivity contribution < 1.29 is 9.59 Å². The molecule has 0 aliphatic carbocycles. The molecular formula is C20H26N4O2S. The van der Waals surface area contributed by atoms with Gasteiger partial charge in [-0.3, -0.25) is 14.2 Å². The molecule has 7 heteroatoms. The Kier molecular flexibility index (Phi) is 6.21. The van der Waals surface area contributed by atoms with E-state index in [1.54, 1.807) is 11.1 Å². The number of hydrogen-bond donors (Lipinski definition) is 1. The highest BCUT2D eigenvalue weighted by Crippen LogP contribution is 2.27. The van der Waals surface area contributed by atoms with Crippen LogP contribution in [-0.2, 0) is 9.59 Å². The fraction of sp³-hybridized carbons (Fsp3) is 0.450. The number of carbonyl (C=O) groups is 2. The van der Waals surface area contributed by atoms with E-state index in [2.05, 4.69) is 31.0 Å². The normalized spacial score (nSPS) is 17.3. The van der Waals surface area contributed by atoms with E-state index >= 15 is 0 Å². The van der Waals surface area contributed by atoms with E-state index in [1.165, 1.54) is 17.3 Å². The topological polar surface area (TPSA) is 81.2 Å². The first-order chi connectivity index (χ1) is 13.0. The van der Waals surface area contributed by atoms with E-state index in [0.29, 0.717) is 24.8 Å². The first-order valence-electron chi connectivity index (χ1n) is 9.30. The molecule has 1 saturated heterocycles. The summed E-state index contributed by atoms with van der Waals surface area (Å²) in [5.41, 5.74) is 7.74. The zero-order valence-corrected chi connectivity index (χ0v) is 16.6. The number of nitrogens with zero attached hydrogens (tertiary/aromatic N) is 3. The van der Waals surface area contributed by atoms with Crippen molar-refractivity contribution >= 4 is 23.6 Å². The van der Waals surface area contributed by atoms with Crippen LogP contribution in [0.4, 0.5) is 0 Å². The van der Waals surface area contributed by atoms with Crippen molar-refractivity contribution in [3.63, 3.8) is 0 Å². The lowest BCUT2D eigenvalue weighted by molar-refractivity contribution is -0.132. The number of primary amides is 1. The number of hydrogen-bond acceptors (Lipinski definition) is 4. The maximum atomic E-state index is 12.6. The van der Waals surface area contributed by atoms with Crippen LogP contribution in [0.3, 0.4) is 0 Å². The van der Waals surface area contributed by atoms with Gasteiger partial charge in [0.25, 0.3) is 0 Å². The minimum absolute atomic E-state index is 0.0256. The van der Waals surface area contributed by atoms with Gasteiger partial charge in [0.15, 0.2) is 5.16 Å². The lowest BCUT2D eigenvalue weighted by Gasteiger charge is -2.31. The summed E-state index contributed by atoms with van der Waals surface area (Å²) in [5, 5.41) is 0.792. The van der Waals surface area contributed by atoms with Crippen LogP contribution in [0, 0.1) is 5.92 Å². The minimum Gasteiger partial charge on any atom is -0.369 e. The van der Waals surface area contributed by atoms with Crippen molar-refractivity contribution in [2.45, 2.75) is 37.8 Å². The molecule has 0 spiro atoms. The second-order valence-corrected chi connectivity index (χ2v) is 8.11. The van der Waals surface area contributed by atoms with Crippen molar-refractivity contribution in [1.29, 1.82) is 0 Å². The maximum absolute atomic E-state index is 12.6. The van der Waals surface area contributed by atoms with Crippen LogP contribution in [0.1, 0.15) is 38.2 Å². The maximum Gasteiger partial charge on any atom is 0.233 e. The molecule has 2 aromatic rings. The van der Waals surface area contributed by atoms with Crippen molar-refractivity contribution in [1.82, 2.24) is 14.5 Å². The first-order valence-corrected chi connectivity index (χ1v) is 10.3. The quantitative estimate of drug-likeness (QED) is 0.774. The molecule has 1 fully saturated rings. The zero-order chi connectivity index (χ0) is 19.4. The molecule has 2 amide bonds. The molecule has 1 atom stereocenters. The molecule has 2 N–H and O–H groups in total. The third kappa shape index (κ3) is 4.53. The van der Waals surface area contributed by atoms with Gasteiger partial charge in [-0.15, -0.1) is 0 Å². The van der Waals surface area contributed by atoms with Gasteiger partial charge in [0.2, 0.25) is 11.8 Å².